The molecule has 0 saturated carbocycles. The first-order valence-electron chi connectivity index (χ1n) is 9.48. The van der Waals surface area contributed by atoms with E-state index in [0.29, 0.717) is 5.56 Å². The summed E-state index contributed by atoms with van der Waals surface area (Å²) < 4.78 is 7.06. The molecule has 0 fully saturated rings. The highest BCUT2D eigenvalue weighted by atomic mass is 16.5. The molecule has 3 amide bonds. The molecule has 0 bridgehead atoms. The van der Waals surface area contributed by atoms with E-state index in [1.165, 1.54) is 0 Å². The minimum atomic E-state index is -0.705. The van der Waals surface area contributed by atoms with Gasteiger partial charge in [0, 0.05) is 23.6 Å². The van der Waals surface area contributed by atoms with Crippen LogP contribution in [0.1, 0.15) is 27.3 Å². The van der Waals surface area contributed by atoms with Crippen LogP contribution in [0.5, 0.6) is 0 Å². The Morgan fingerprint density at radius 1 is 0.867 bits per heavy atom. The van der Waals surface area contributed by atoms with Crippen LogP contribution in [0.25, 0.3) is 5.69 Å². The summed E-state index contributed by atoms with van der Waals surface area (Å²) in [5.41, 5.74) is 4.33. The first-order chi connectivity index (χ1) is 14.4. The number of carbonyl (C=O) groups excluding carboxylic acids is 3. The standard InChI is InChI=1S/C23H23N3O4/c1-16-8-9-17(2)26(16)20-12-10-19(11-13-20)22(28)30-15-21(27)25-23(29)24-14-18-6-4-3-5-7-18/h3-13H,14-15H2,1-2H3,(H2,24,25,27,29). The predicted octanol–water partition coefficient (Wildman–Crippen LogP) is 3.28. The van der Waals surface area contributed by atoms with Crippen LogP contribution >= 0.6 is 0 Å². The average Bonchev–Trinajstić information content (AvgIpc) is 3.09. The molecule has 30 heavy (non-hydrogen) atoms. The lowest BCUT2D eigenvalue weighted by Crippen LogP contribution is -2.41. The number of ether oxygens (including phenoxy) is 1. The van der Waals surface area contributed by atoms with Crippen molar-refractivity contribution in [3.63, 3.8) is 0 Å². The van der Waals surface area contributed by atoms with Crippen LogP contribution < -0.4 is 10.6 Å². The van der Waals surface area contributed by atoms with Gasteiger partial charge in [-0.2, -0.15) is 0 Å². The normalized spacial score (nSPS) is 10.3. The molecule has 0 aliphatic heterocycles. The zero-order valence-corrected chi connectivity index (χ0v) is 16.8. The Hall–Kier alpha value is -3.87. The number of rotatable bonds is 6. The molecule has 0 unspecified atom stereocenters. The molecule has 0 spiro atoms. The molecule has 7 nitrogen and oxygen atoms in total. The van der Waals surface area contributed by atoms with E-state index in [2.05, 4.69) is 15.2 Å². The summed E-state index contributed by atoms with van der Waals surface area (Å²) in [5, 5.41) is 4.69. The Labute approximate surface area is 174 Å². The molecule has 0 aliphatic rings. The van der Waals surface area contributed by atoms with Crippen LogP contribution in [-0.2, 0) is 16.1 Å². The van der Waals surface area contributed by atoms with Crippen molar-refractivity contribution in [3.05, 3.63) is 89.2 Å². The van der Waals surface area contributed by atoms with E-state index in [-0.39, 0.29) is 6.54 Å². The van der Waals surface area contributed by atoms with E-state index in [4.69, 9.17) is 4.74 Å². The smallest absolute Gasteiger partial charge is 0.338 e. The number of aromatic nitrogens is 1. The second kappa shape index (κ2) is 9.56. The van der Waals surface area contributed by atoms with E-state index in [0.717, 1.165) is 22.6 Å². The van der Waals surface area contributed by atoms with Gasteiger partial charge < -0.3 is 14.6 Å². The van der Waals surface area contributed by atoms with Crippen molar-refractivity contribution in [2.45, 2.75) is 20.4 Å². The Balaban J connectivity index is 1.46. The van der Waals surface area contributed by atoms with Crippen LogP contribution in [0.15, 0.2) is 66.7 Å². The fourth-order valence-corrected chi connectivity index (χ4v) is 3.02. The molecule has 0 radical (unpaired) electrons. The summed E-state index contributed by atoms with van der Waals surface area (Å²) in [7, 11) is 0. The van der Waals surface area contributed by atoms with Crippen LogP contribution in [-0.4, -0.2) is 29.1 Å². The SMILES string of the molecule is Cc1ccc(C)n1-c1ccc(C(=O)OCC(=O)NC(=O)NCc2ccccc2)cc1. The molecule has 1 aromatic heterocycles. The zero-order chi connectivity index (χ0) is 21.5. The van der Waals surface area contributed by atoms with Crippen molar-refractivity contribution in [2.75, 3.05) is 6.61 Å². The molecule has 3 aromatic rings. The Morgan fingerprint density at radius 3 is 2.13 bits per heavy atom. The van der Waals surface area contributed by atoms with Crippen LogP contribution in [0.3, 0.4) is 0 Å². The van der Waals surface area contributed by atoms with Crippen molar-refractivity contribution in [2.24, 2.45) is 0 Å². The van der Waals surface area contributed by atoms with E-state index in [9.17, 15) is 14.4 Å². The number of imide groups is 1. The molecular formula is C23H23N3O4. The highest BCUT2D eigenvalue weighted by Gasteiger charge is 2.13. The van der Waals surface area contributed by atoms with Gasteiger partial charge >= 0.3 is 12.0 Å². The number of urea groups is 1. The topological polar surface area (TPSA) is 89.4 Å². The highest BCUT2D eigenvalue weighted by Crippen LogP contribution is 2.17. The Bertz CT molecular complexity index is 1020. The lowest BCUT2D eigenvalue weighted by Gasteiger charge is -2.10. The molecule has 2 aromatic carbocycles. The third kappa shape index (κ3) is 5.35. The van der Waals surface area contributed by atoms with E-state index < -0.39 is 24.5 Å². The van der Waals surface area contributed by atoms with Gasteiger partial charge in [-0.1, -0.05) is 30.3 Å². The van der Waals surface area contributed by atoms with Crippen molar-refractivity contribution in [3.8, 4) is 5.69 Å². The molecule has 3 rings (SSSR count). The van der Waals surface area contributed by atoms with Gasteiger partial charge in [0.05, 0.1) is 5.56 Å². The van der Waals surface area contributed by atoms with Crippen LogP contribution in [0.2, 0.25) is 0 Å². The number of hydrogen-bond donors (Lipinski definition) is 2. The monoisotopic (exact) mass is 405 g/mol. The highest BCUT2D eigenvalue weighted by molar-refractivity contribution is 5.97. The minimum absolute atomic E-state index is 0.284. The number of benzene rings is 2. The number of carbonyl (C=O) groups is 3. The average molecular weight is 405 g/mol. The van der Waals surface area contributed by atoms with Gasteiger partial charge in [-0.3, -0.25) is 10.1 Å². The van der Waals surface area contributed by atoms with Crippen LogP contribution in [0.4, 0.5) is 4.79 Å². The third-order valence-electron chi connectivity index (χ3n) is 4.52. The fraction of sp³-hybridized carbons (Fsp3) is 0.174. The number of nitrogens with zero attached hydrogens (tertiary/aromatic N) is 1. The Kier molecular flexibility index (Phi) is 6.64. The first-order valence-corrected chi connectivity index (χ1v) is 9.48. The molecule has 0 atom stereocenters. The first kappa shape index (κ1) is 20.9. The number of hydrogen-bond acceptors (Lipinski definition) is 4. The number of aryl methyl sites for hydroxylation is 2. The van der Waals surface area contributed by atoms with E-state index in [1.807, 2.05) is 68.4 Å². The lowest BCUT2D eigenvalue weighted by molar-refractivity contribution is -0.123. The van der Waals surface area contributed by atoms with Crippen molar-refractivity contribution < 1.29 is 19.1 Å². The summed E-state index contributed by atoms with van der Waals surface area (Å²) in [6, 6.07) is 19.6. The molecule has 2 N–H and O–H groups in total. The molecular weight excluding hydrogens is 382 g/mol. The number of esters is 1. The second-order valence-electron chi connectivity index (χ2n) is 6.79. The molecule has 154 valence electrons. The maximum Gasteiger partial charge on any atom is 0.338 e. The van der Waals surface area contributed by atoms with Crippen molar-refractivity contribution in [1.29, 1.82) is 0 Å². The van der Waals surface area contributed by atoms with Gasteiger partial charge in [0.15, 0.2) is 6.61 Å². The van der Waals surface area contributed by atoms with Gasteiger partial charge in [-0.25, -0.2) is 9.59 Å². The molecule has 7 heteroatoms. The lowest BCUT2D eigenvalue weighted by atomic mass is 10.2. The quantitative estimate of drug-likeness (QED) is 0.616. The van der Waals surface area contributed by atoms with Crippen molar-refractivity contribution >= 4 is 17.9 Å². The van der Waals surface area contributed by atoms with E-state index >= 15 is 0 Å². The second-order valence-corrected chi connectivity index (χ2v) is 6.79. The maximum atomic E-state index is 12.2. The summed E-state index contributed by atoms with van der Waals surface area (Å²) in [6.45, 7) is 3.75. The van der Waals surface area contributed by atoms with Crippen LogP contribution in [0, 0.1) is 13.8 Å². The number of amides is 3. The molecule has 1 heterocycles. The van der Waals surface area contributed by atoms with Gasteiger partial charge in [-0.05, 0) is 55.8 Å². The van der Waals surface area contributed by atoms with Gasteiger partial charge in [0.2, 0.25) is 0 Å². The van der Waals surface area contributed by atoms with Gasteiger partial charge in [0.25, 0.3) is 5.91 Å². The number of nitrogens with one attached hydrogen (secondary N) is 2. The largest absolute Gasteiger partial charge is 0.452 e. The molecule has 0 saturated heterocycles. The van der Waals surface area contributed by atoms with E-state index in [1.54, 1.807) is 12.1 Å². The Morgan fingerprint density at radius 2 is 1.50 bits per heavy atom. The summed E-state index contributed by atoms with van der Waals surface area (Å²) in [4.78, 5) is 35.8. The van der Waals surface area contributed by atoms with Gasteiger partial charge in [0.1, 0.15) is 0 Å². The maximum absolute atomic E-state index is 12.2. The summed E-state index contributed by atoms with van der Waals surface area (Å²) >= 11 is 0. The predicted molar refractivity (Wildman–Crippen MR) is 112 cm³/mol. The minimum Gasteiger partial charge on any atom is -0.452 e. The summed E-state index contributed by atoms with van der Waals surface area (Å²) in [5.74, 6) is -1.34. The third-order valence-corrected chi connectivity index (χ3v) is 4.52. The van der Waals surface area contributed by atoms with Gasteiger partial charge in [-0.15, -0.1) is 0 Å². The zero-order valence-electron chi connectivity index (χ0n) is 16.8. The molecule has 0 aliphatic carbocycles. The fourth-order valence-electron chi connectivity index (χ4n) is 3.02. The van der Waals surface area contributed by atoms with Crippen molar-refractivity contribution in [1.82, 2.24) is 15.2 Å². The summed E-state index contributed by atoms with van der Waals surface area (Å²) in [6.07, 6.45) is 0.